The smallest absolute Gasteiger partial charge is 0.280 e. The summed E-state index contributed by atoms with van der Waals surface area (Å²) >= 11 is 6.26. The van der Waals surface area contributed by atoms with Gasteiger partial charge in [-0.25, -0.2) is 27.5 Å². The number of nitrogens with zero attached hydrogens (tertiary/aromatic N) is 3. The second kappa shape index (κ2) is 11.7. The lowest BCUT2D eigenvalue weighted by atomic mass is 10.1. The SMILES string of the molecule is COc1ccc(/C=N\NC(=S)Nc2ccc(F)cc2F)cc1CSc1nc(C)cc(C(F)F)n1. The summed E-state index contributed by atoms with van der Waals surface area (Å²) in [6, 6.07) is 9.61. The number of ether oxygens (including phenoxy) is 1. The van der Waals surface area contributed by atoms with Gasteiger partial charge in [-0.3, -0.25) is 5.43 Å². The molecule has 1 aromatic heterocycles. The number of rotatable bonds is 8. The molecule has 0 radical (unpaired) electrons. The van der Waals surface area contributed by atoms with Gasteiger partial charge in [-0.1, -0.05) is 11.8 Å². The van der Waals surface area contributed by atoms with Crippen LogP contribution in [0.2, 0.25) is 0 Å². The zero-order valence-corrected chi connectivity index (χ0v) is 19.6. The average molecular weight is 510 g/mol. The van der Waals surface area contributed by atoms with E-state index in [1.807, 2.05) is 0 Å². The molecule has 0 aliphatic heterocycles. The summed E-state index contributed by atoms with van der Waals surface area (Å²) in [6.45, 7) is 1.63. The monoisotopic (exact) mass is 509 g/mol. The Balaban J connectivity index is 1.65. The van der Waals surface area contributed by atoms with E-state index in [1.54, 1.807) is 25.1 Å². The highest BCUT2D eigenvalue weighted by Gasteiger charge is 2.13. The third-order valence-electron chi connectivity index (χ3n) is 4.30. The van der Waals surface area contributed by atoms with Crippen LogP contribution in [0, 0.1) is 18.6 Å². The number of thioether (sulfide) groups is 1. The molecule has 178 valence electrons. The minimum absolute atomic E-state index is 0.00576. The van der Waals surface area contributed by atoms with Crippen molar-refractivity contribution in [2.75, 3.05) is 12.4 Å². The molecule has 0 bridgehead atoms. The summed E-state index contributed by atoms with van der Waals surface area (Å²) < 4.78 is 58.1. The number of hydrogen-bond donors (Lipinski definition) is 2. The molecule has 0 fully saturated rings. The quantitative estimate of drug-likeness (QED) is 0.102. The number of aryl methyl sites for hydroxylation is 1. The van der Waals surface area contributed by atoms with E-state index in [0.29, 0.717) is 22.8 Å². The molecular weight excluding hydrogens is 490 g/mol. The minimum atomic E-state index is -2.68. The van der Waals surface area contributed by atoms with Crippen LogP contribution in [-0.4, -0.2) is 28.4 Å². The molecule has 0 amide bonds. The molecule has 0 saturated carbocycles. The Kier molecular flexibility index (Phi) is 8.77. The van der Waals surface area contributed by atoms with Crippen LogP contribution >= 0.6 is 24.0 Å². The lowest BCUT2D eigenvalue weighted by molar-refractivity contribution is 0.145. The van der Waals surface area contributed by atoms with E-state index in [1.165, 1.54) is 37.2 Å². The van der Waals surface area contributed by atoms with Gasteiger partial charge in [-0.15, -0.1) is 0 Å². The molecule has 0 unspecified atom stereocenters. The standard InChI is InChI=1S/C22H19F4N5OS2/c1-12-7-18(20(25)26)30-22(28-12)34-11-14-8-13(3-6-19(14)32-2)10-27-31-21(33)29-17-5-4-15(23)9-16(17)24/h3-10,20H,11H2,1-2H3,(H2,29,31,33)/b27-10-. The summed E-state index contributed by atoms with van der Waals surface area (Å²) in [5.41, 5.74) is 4.16. The summed E-state index contributed by atoms with van der Waals surface area (Å²) in [6.07, 6.45) is -1.19. The van der Waals surface area contributed by atoms with Gasteiger partial charge in [0.05, 0.1) is 19.0 Å². The van der Waals surface area contributed by atoms with Crippen molar-refractivity contribution in [2.45, 2.75) is 24.3 Å². The van der Waals surface area contributed by atoms with Crippen molar-refractivity contribution in [3.63, 3.8) is 0 Å². The number of nitrogens with one attached hydrogen (secondary N) is 2. The fourth-order valence-corrected chi connectivity index (χ4v) is 3.83. The van der Waals surface area contributed by atoms with Gasteiger partial charge in [0.1, 0.15) is 23.1 Å². The number of benzene rings is 2. The van der Waals surface area contributed by atoms with Crippen molar-refractivity contribution >= 4 is 41.0 Å². The van der Waals surface area contributed by atoms with E-state index in [9.17, 15) is 17.6 Å². The third kappa shape index (κ3) is 7.12. The predicted octanol–water partition coefficient (Wildman–Crippen LogP) is 5.62. The molecule has 3 aromatic rings. The highest BCUT2D eigenvalue weighted by Crippen LogP contribution is 2.28. The van der Waals surface area contributed by atoms with Gasteiger partial charge in [-0.05, 0) is 61.1 Å². The van der Waals surface area contributed by atoms with Gasteiger partial charge in [0, 0.05) is 23.1 Å². The minimum Gasteiger partial charge on any atom is -0.496 e. The molecule has 1 heterocycles. The topological polar surface area (TPSA) is 71.4 Å². The van der Waals surface area contributed by atoms with Crippen molar-refractivity contribution < 1.29 is 22.3 Å². The molecule has 0 aliphatic carbocycles. The highest BCUT2D eigenvalue weighted by molar-refractivity contribution is 7.98. The number of methoxy groups -OCH3 is 1. The molecule has 2 N–H and O–H groups in total. The Bertz CT molecular complexity index is 1210. The average Bonchev–Trinajstić information content (AvgIpc) is 2.79. The van der Waals surface area contributed by atoms with E-state index >= 15 is 0 Å². The first kappa shape index (κ1) is 25.4. The molecule has 0 aliphatic rings. The van der Waals surface area contributed by atoms with Crippen molar-refractivity contribution in [2.24, 2.45) is 5.10 Å². The first-order valence-electron chi connectivity index (χ1n) is 9.73. The Hall–Kier alpha value is -3.25. The molecule has 34 heavy (non-hydrogen) atoms. The van der Waals surface area contributed by atoms with Crippen LogP contribution in [0.3, 0.4) is 0 Å². The summed E-state index contributed by atoms with van der Waals surface area (Å²) in [4.78, 5) is 8.09. The van der Waals surface area contributed by atoms with Crippen LogP contribution in [-0.2, 0) is 5.75 Å². The fraction of sp³-hybridized carbons (Fsp3) is 0.182. The maximum absolute atomic E-state index is 13.7. The van der Waals surface area contributed by atoms with Gasteiger partial charge in [0.25, 0.3) is 6.43 Å². The predicted molar refractivity (Wildman–Crippen MR) is 128 cm³/mol. The van der Waals surface area contributed by atoms with Gasteiger partial charge in [0.15, 0.2) is 10.3 Å². The van der Waals surface area contributed by atoms with Crippen molar-refractivity contribution in [3.05, 3.63) is 76.6 Å². The zero-order valence-electron chi connectivity index (χ0n) is 18.0. The van der Waals surface area contributed by atoms with Gasteiger partial charge >= 0.3 is 0 Å². The lowest BCUT2D eigenvalue weighted by Crippen LogP contribution is -2.24. The van der Waals surface area contributed by atoms with E-state index in [4.69, 9.17) is 17.0 Å². The normalized spacial score (nSPS) is 11.1. The lowest BCUT2D eigenvalue weighted by Gasteiger charge is -2.10. The van der Waals surface area contributed by atoms with Gasteiger partial charge in [0.2, 0.25) is 0 Å². The molecule has 0 atom stereocenters. The Morgan fingerprint density at radius 1 is 1.18 bits per heavy atom. The third-order valence-corrected chi connectivity index (χ3v) is 5.39. The number of halogens is 4. The van der Waals surface area contributed by atoms with E-state index < -0.39 is 18.1 Å². The van der Waals surface area contributed by atoms with Crippen LogP contribution in [0.4, 0.5) is 23.2 Å². The maximum Gasteiger partial charge on any atom is 0.280 e. The van der Waals surface area contributed by atoms with E-state index in [-0.39, 0.29) is 21.7 Å². The van der Waals surface area contributed by atoms with Crippen LogP contribution < -0.4 is 15.5 Å². The summed E-state index contributed by atoms with van der Waals surface area (Å²) in [5.74, 6) is -0.516. The first-order valence-corrected chi connectivity index (χ1v) is 11.1. The van der Waals surface area contributed by atoms with Crippen LogP contribution in [0.25, 0.3) is 0 Å². The van der Waals surface area contributed by atoms with Crippen molar-refractivity contribution in [1.82, 2.24) is 15.4 Å². The Morgan fingerprint density at radius 2 is 1.97 bits per heavy atom. The molecule has 12 heteroatoms. The van der Waals surface area contributed by atoms with Gasteiger partial charge in [-0.2, -0.15) is 5.10 Å². The Labute approximate surface area is 202 Å². The van der Waals surface area contributed by atoms with E-state index in [0.717, 1.165) is 17.7 Å². The van der Waals surface area contributed by atoms with Crippen LogP contribution in [0.15, 0.2) is 52.7 Å². The molecule has 0 saturated heterocycles. The molecule has 0 spiro atoms. The largest absolute Gasteiger partial charge is 0.496 e. The van der Waals surface area contributed by atoms with Crippen molar-refractivity contribution in [1.29, 1.82) is 0 Å². The molecule has 3 rings (SSSR count). The number of alkyl halides is 2. The fourth-order valence-electron chi connectivity index (χ4n) is 2.78. The molecular formula is C22H19F4N5OS2. The highest BCUT2D eigenvalue weighted by atomic mass is 32.2. The number of aromatic nitrogens is 2. The molecule has 2 aromatic carbocycles. The maximum atomic E-state index is 13.7. The van der Waals surface area contributed by atoms with Crippen molar-refractivity contribution in [3.8, 4) is 5.75 Å². The second-order valence-electron chi connectivity index (χ2n) is 6.83. The van der Waals surface area contributed by atoms with Crippen LogP contribution in [0.5, 0.6) is 5.75 Å². The first-order chi connectivity index (χ1) is 16.2. The van der Waals surface area contributed by atoms with Gasteiger partial charge < -0.3 is 10.1 Å². The van der Waals surface area contributed by atoms with Crippen LogP contribution in [0.1, 0.15) is 28.9 Å². The number of thiocarbonyl (C=S) groups is 1. The number of hydrazone groups is 1. The van der Waals surface area contributed by atoms with E-state index in [2.05, 4.69) is 25.8 Å². The Morgan fingerprint density at radius 3 is 2.68 bits per heavy atom. The molecule has 6 nitrogen and oxygen atoms in total. The number of hydrogen-bond acceptors (Lipinski definition) is 6. The summed E-state index contributed by atoms with van der Waals surface area (Å²) in [7, 11) is 1.52. The second-order valence-corrected chi connectivity index (χ2v) is 8.18. The number of anilines is 1. The summed E-state index contributed by atoms with van der Waals surface area (Å²) in [5, 5.41) is 6.84. The zero-order chi connectivity index (χ0) is 24.7.